The van der Waals surface area contributed by atoms with Gasteiger partial charge in [0.1, 0.15) is 0 Å². The highest BCUT2D eigenvalue weighted by atomic mass is 15.1. The maximum absolute atomic E-state index is 3.39. The van der Waals surface area contributed by atoms with Gasteiger partial charge in [-0.1, -0.05) is 51.1 Å². The van der Waals surface area contributed by atoms with Crippen LogP contribution in [-0.2, 0) is 5.41 Å². The Hall–Kier alpha value is -0.860. The number of piperidine rings is 1. The number of likely N-dealkylation sites (tertiary alicyclic amines) is 1. The quantitative estimate of drug-likeness (QED) is 0.887. The first-order chi connectivity index (χ1) is 9.55. The van der Waals surface area contributed by atoms with Gasteiger partial charge in [0.2, 0.25) is 0 Å². The Morgan fingerprint density at radius 1 is 1.20 bits per heavy atom. The zero-order chi connectivity index (χ0) is 14.6. The van der Waals surface area contributed by atoms with Crippen LogP contribution in [0.5, 0.6) is 0 Å². The number of benzene rings is 1. The highest BCUT2D eigenvalue weighted by Gasteiger charge is 2.31. The van der Waals surface area contributed by atoms with E-state index in [0.717, 1.165) is 24.9 Å². The minimum atomic E-state index is 0.191. The zero-order valence-corrected chi connectivity index (χ0v) is 13.5. The van der Waals surface area contributed by atoms with Crippen LogP contribution in [0.15, 0.2) is 30.3 Å². The summed E-state index contributed by atoms with van der Waals surface area (Å²) in [5.41, 5.74) is 1.64. The van der Waals surface area contributed by atoms with Gasteiger partial charge in [-0.2, -0.15) is 0 Å². The van der Waals surface area contributed by atoms with Crippen molar-refractivity contribution in [1.29, 1.82) is 0 Å². The van der Waals surface area contributed by atoms with Gasteiger partial charge in [0, 0.05) is 25.0 Å². The monoisotopic (exact) mass is 274 g/mol. The summed E-state index contributed by atoms with van der Waals surface area (Å²) in [7, 11) is 2.06. The van der Waals surface area contributed by atoms with E-state index in [9.17, 15) is 0 Å². The van der Waals surface area contributed by atoms with Crippen LogP contribution in [0.25, 0.3) is 0 Å². The molecule has 0 aliphatic carbocycles. The van der Waals surface area contributed by atoms with Crippen molar-refractivity contribution in [3.8, 4) is 0 Å². The van der Waals surface area contributed by atoms with Crippen LogP contribution < -0.4 is 5.32 Å². The Morgan fingerprint density at radius 3 is 2.50 bits per heavy atom. The summed E-state index contributed by atoms with van der Waals surface area (Å²) >= 11 is 0. The van der Waals surface area contributed by atoms with Crippen LogP contribution in [0.1, 0.15) is 32.8 Å². The van der Waals surface area contributed by atoms with Gasteiger partial charge in [0.25, 0.3) is 0 Å². The average molecular weight is 274 g/mol. The summed E-state index contributed by atoms with van der Waals surface area (Å²) in [5, 5.41) is 3.39. The molecule has 0 aromatic heterocycles. The molecule has 0 saturated carbocycles. The Morgan fingerprint density at radius 2 is 1.90 bits per heavy atom. The molecule has 1 heterocycles. The molecule has 0 radical (unpaired) electrons. The highest BCUT2D eigenvalue weighted by Crippen LogP contribution is 2.28. The number of nitrogens with zero attached hydrogens (tertiary/aromatic N) is 1. The minimum absolute atomic E-state index is 0.191. The van der Waals surface area contributed by atoms with E-state index >= 15 is 0 Å². The summed E-state index contributed by atoms with van der Waals surface area (Å²) in [4.78, 5) is 2.66. The molecule has 3 atom stereocenters. The van der Waals surface area contributed by atoms with Gasteiger partial charge >= 0.3 is 0 Å². The summed E-state index contributed by atoms with van der Waals surface area (Å²) in [6.07, 6.45) is 1.34. The molecule has 1 aromatic carbocycles. The minimum Gasteiger partial charge on any atom is -0.319 e. The van der Waals surface area contributed by atoms with Crippen molar-refractivity contribution in [2.24, 2.45) is 11.8 Å². The second-order valence-electron chi connectivity index (χ2n) is 6.94. The molecule has 0 amide bonds. The molecule has 2 rings (SSSR count). The maximum atomic E-state index is 3.39. The van der Waals surface area contributed by atoms with E-state index in [-0.39, 0.29) is 5.41 Å². The van der Waals surface area contributed by atoms with Crippen LogP contribution >= 0.6 is 0 Å². The Labute approximate surface area is 124 Å². The first-order valence-corrected chi connectivity index (χ1v) is 7.97. The molecule has 1 N–H and O–H groups in total. The highest BCUT2D eigenvalue weighted by molar-refractivity contribution is 5.25. The van der Waals surface area contributed by atoms with Gasteiger partial charge in [-0.05, 0) is 37.4 Å². The van der Waals surface area contributed by atoms with Gasteiger partial charge in [-0.3, -0.25) is 0 Å². The van der Waals surface area contributed by atoms with Crippen molar-refractivity contribution in [2.45, 2.75) is 32.6 Å². The normalized spacial score (nSPS) is 27.2. The molecule has 3 unspecified atom stereocenters. The molecule has 2 heteroatoms. The van der Waals surface area contributed by atoms with Crippen molar-refractivity contribution in [1.82, 2.24) is 10.2 Å². The fourth-order valence-electron chi connectivity index (χ4n) is 3.47. The number of rotatable bonds is 5. The largest absolute Gasteiger partial charge is 0.319 e. The molecule has 1 saturated heterocycles. The van der Waals surface area contributed by atoms with Crippen LogP contribution in [0, 0.1) is 11.8 Å². The predicted octanol–water partition coefficient (Wildman–Crippen LogP) is 3.14. The van der Waals surface area contributed by atoms with E-state index in [2.05, 4.69) is 68.4 Å². The van der Waals surface area contributed by atoms with Crippen molar-refractivity contribution < 1.29 is 0 Å². The number of nitrogens with one attached hydrogen (secondary N) is 1. The van der Waals surface area contributed by atoms with Gasteiger partial charge in [-0.15, -0.1) is 0 Å². The summed E-state index contributed by atoms with van der Waals surface area (Å²) in [6, 6.07) is 11.0. The van der Waals surface area contributed by atoms with Gasteiger partial charge in [-0.25, -0.2) is 0 Å². The third kappa shape index (κ3) is 3.62. The Bertz CT molecular complexity index is 403. The lowest BCUT2D eigenvalue weighted by Gasteiger charge is -2.41. The van der Waals surface area contributed by atoms with E-state index in [1.165, 1.54) is 25.1 Å². The van der Waals surface area contributed by atoms with Gasteiger partial charge in [0.15, 0.2) is 0 Å². The fourth-order valence-corrected chi connectivity index (χ4v) is 3.47. The summed E-state index contributed by atoms with van der Waals surface area (Å²) in [5.74, 6) is 1.69. The lowest BCUT2D eigenvalue weighted by Crippen LogP contribution is -2.48. The number of likely N-dealkylation sites (N-methyl/N-ethyl adjacent to an activating group) is 1. The van der Waals surface area contributed by atoms with Crippen LogP contribution in [0.2, 0.25) is 0 Å². The topological polar surface area (TPSA) is 15.3 Å². The smallest absolute Gasteiger partial charge is 0.0176 e. The third-order valence-corrected chi connectivity index (χ3v) is 5.03. The molecule has 1 fully saturated rings. The standard InChI is InChI=1S/C18H30N2/c1-15-10-11-20(12-16(15)2)14-18(3,13-19-4)17-8-6-5-7-9-17/h5-9,15-16,19H,10-14H2,1-4H3. The summed E-state index contributed by atoms with van der Waals surface area (Å²) in [6.45, 7) is 11.8. The summed E-state index contributed by atoms with van der Waals surface area (Å²) < 4.78 is 0. The predicted molar refractivity (Wildman–Crippen MR) is 87.1 cm³/mol. The molecule has 112 valence electrons. The average Bonchev–Trinajstić information content (AvgIpc) is 2.44. The number of hydrogen-bond donors (Lipinski definition) is 1. The SMILES string of the molecule is CNCC(C)(CN1CCC(C)C(C)C1)c1ccccc1. The second-order valence-corrected chi connectivity index (χ2v) is 6.94. The second kappa shape index (κ2) is 6.73. The third-order valence-electron chi connectivity index (χ3n) is 5.03. The molecule has 0 spiro atoms. The first-order valence-electron chi connectivity index (χ1n) is 7.97. The number of hydrogen-bond acceptors (Lipinski definition) is 2. The van der Waals surface area contributed by atoms with Crippen molar-refractivity contribution in [3.63, 3.8) is 0 Å². The molecule has 1 aliphatic rings. The van der Waals surface area contributed by atoms with Gasteiger partial charge in [0.05, 0.1) is 0 Å². The van der Waals surface area contributed by atoms with E-state index in [1.807, 2.05) is 0 Å². The Kier molecular flexibility index (Phi) is 5.22. The maximum Gasteiger partial charge on any atom is 0.0176 e. The lowest BCUT2D eigenvalue weighted by atomic mass is 9.80. The fraction of sp³-hybridized carbons (Fsp3) is 0.667. The van der Waals surface area contributed by atoms with Crippen LogP contribution in [-0.4, -0.2) is 38.1 Å². The van der Waals surface area contributed by atoms with Crippen molar-refractivity contribution in [2.75, 3.05) is 33.2 Å². The molecular formula is C18H30N2. The molecule has 1 aromatic rings. The molecular weight excluding hydrogens is 244 g/mol. The first kappa shape index (κ1) is 15.5. The molecule has 20 heavy (non-hydrogen) atoms. The zero-order valence-electron chi connectivity index (χ0n) is 13.5. The van der Waals surface area contributed by atoms with E-state index in [4.69, 9.17) is 0 Å². The van der Waals surface area contributed by atoms with E-state index in [1.54, 1.807) is 0 Å². The Balaban J connectivity index is 2.09. The molecule has 1 aliphatic heterocycles. The van der Waals surface area contributed by atoms with Crippen LogP contribution in [0.3, 0.4) is 0 Å². The lowest BCUT2D eigenvalue weighted by molar-refractivity contribution is 0.114. The van der Waals surface area contributed by atoms with E-state index < -0.39 is 0 Å². The van der Waals surface area contributed by atoms with Crippen molar-refractivity contribution >= 4 is 0 Å². The molecule has 2 nitrogen and oxygen atoms in total. The van der Waals surface area contributed by atoms with E-state index in [0.29, 0.717) is 0 Å². The molecule has 0 bridgehead atoms. The van der Waals surface area contributed by atoms with Crippen molar-refractivity contribution in [3.05, 3.63) is 35.9 Å². The van der Waals surface area contributed by atoms with Crippen LogP contribution in [0.4, 0.5) is 0 Å². The van der Waals surface area contributed by atoms with Gasteiger partial charge < -0.3 is 10.2 Å².